The number of benzene rings is 1. The van der Waals surface area contributed by atoms with Crippen molar-refractivity contribution in [1.82, 2.24) is 14.9 Å². The van der Waals surface area contributed by atoms with Crippen LogP contribution >= 0.6 is 11.6 Å². The molecule has 30 heavy (non-hydrogen) atoms. The fourth-order valence-corrected chi connectivity index (χ4v) is 3.79. The largest absolute Gasteiger partial charge is 0.492 e. The summed E-state index contributed by atoms with van der Waals surface area (Å²) in [5.74, 6) is 2.25. The third-order valence-corrected chi connectivity index (χ3v) is 5.32. The maximum Gasteiger partial charge on any atom is 0.349 e. The number of halogens is 1. The molecule has 1 saturated heterocycles. The summed E-state index contributed by atoms with van der Waals surface area (Å²) < 4.78 is 16.4. The smallest absolute Gasteiger partial charge is 0.349 e. The average molecular weight is 437 g/mol. The lowest BCUT2D eigenvalue weighted by Crippen LogP contribution is -2.39. The molecule has 1 aliphatic rings. The summed E-state index contributed by atoms with van der Waals surface area (Å²) in [4.78, 5) is 20.5. The van der Waals surface area contributed by atoms with Crippen LogP contribution in [0.2, 0.25) is 5.02 Å². The Morgan fingerprint density at radius 3 is 2.37 bits per heavy atom. The van der Waals surface area contributed by atoms with Gasteiger partial charge in [-0.25, -0.2) is 4.79 Å². The second-order valence-corrected chi connectivity index (χ2v) is 7.49. The lowest BCUT2D eigenvalue weighted by Gasteiger charge is -2.33. The van der Waals surface area contributed by atoms with Crippen LogP contribution in [0.5, 0.6) is 17.4 Å². The molecule has 0 saturated carbocycles. The molecule has 8 nitrogen and oxygen atoms in total. The Hall–Kier alpha value is -2.45. The van der Waals surface area contributed by atoms with E-state index in [2.05, 4.69) is 20.2 Å². The van der Waals surface area contributed by atoms with Crippen LogP contribution in [-0.2, 0) is 6.54 Å². The second kappa shape index (κ2) is 10.5. The van der Waals surface area contributed by atoms with E-state index in [-0.39, 0.29) is 6.04 Å². The Bertz CT molecular complexity index is 870. The normalized spacial score (nSPS) is 15.1. The highest BCUT2D eigenvalue weighted by Crippen LogP contribution is 2.36. The third kappa shape index (κ3) is 5.79. The molecule has 1 aromatic heterocycles. The summed E-state index contributed by atoms with van der Waals surface area (Å²) in [5, 5.41) is 3.90. The van der Waals surface area contributed by atoms with Gasteiger partial charge in [0.1, 0.15) is 22.3 Å². The molecule has 0 aliphatic carbocycles. The first kappa shape index (κ1) is 22.2. The number of methoxy groups -OCH3 is 1. The number of piperidine rings is 1. The summed E-state index contributed by atoms with van der Waals surface area (Å²) >= 11 is 6.40. The zero-order chi connectivity index (χ0) is 21.5. The Balaban J connectivity index is 1.60. The second-order valence-electron chi connectivity index (χ2n) is 7.11. The molecule has 164 valence electrons. The third-order valence-electron chi connectivity index (χ3n) is 4.95. The van der Waals surface area contributed by atoms with E-state index in [1.165, 1.54) is 7.11 Å². The van der Waals surface area contributed by atoms with Gasteiger partial charge in [-0.05, 0) is 44.4 Å². The molecular weight excluding hydrogens is 408 g/mol. The minimum atomic E-state index is -0.424. The van der Waals surface area contributed by atoms with Gasteiger partial charge in [0.05, 0.1) is 20.3 Å². The Morgan fingerprint density at radius 1 is 1.17 bits per heavy atom. The van der Waals surface area contributed by atoms with Crippen LogP contribution in [0.15, 0.2) is 23.0 Å². The number of aromatic nitrogens is 2. The molecule has 0 unspecified atom stereocenters. The van der Waals surface area contributed by atoms with Crippen molar-refractivity contribution >= 4 is 17.4 Å². The number of likely N-dealkylation sites (tertiary alicyclic amines) is 1. The van der Waals surface area contributed by atoms with Crippen molar-refractivity contribution in [1.29, 1.82) is 0 Å². The van der Waals surface area contributed by atoms with Crippen molar-refractivity contribution in [3.63, 3.8) is 0 Å². The van der Waals surface area contributed by atoms with E-state index in [1.807, 2.05) is 26.0 Å². The van der Waals surface area contributed by atoms with Crippen molar-refractivity contribution in [3.8, 4) is 17.4 Å². The monoisotopic (exact) mass is 436 g/mol. The first-order valence-electron chi connectivity index (χ1n) is 10.2. The summed E-state index contributed by atoms with van der Waals surface area (Å²) in [5.41, 5.74) is 0.688. The molecule has 0 spiro atoms. The van der Waals surface area contributed by atoms with Crippen LogP contribution < -0.4 is 25.2 Å². The highest BCUT2D eigenvalue weighted by atomic mass is 35.5. The van der Waals surface area contributed by atoms with Crippen molar-refractivity contribution in [2.45, 2.75) is 39.3 Å². The van der Waals surface area contributed by atoms with Crippen LogP contribution in [0.1, 0.15) is 32.3 Å². The van der Waals surface area contributed by atoms with Gasteiger partial charge in [0.25, 0.3) is 0 Å². The molecule has 2 N–H and O–H groups in total. The van der Waals surface area contributed by atoms with Gasteiger partial charge in [0.15, 0.2) is 0 Å². The Kier molecular flexibility index (Phi) is 7.81. The van der Waals surface area contributed by atoms with E-state index < -0.39 is 5.69 Å². The van der Waals surface area contributed by atoms with Gasteiger partial charge in [-0.1, -0.05) is 11.6 Å². The van der Waals surface area contributed by atoms with Crippen molar-refractivity contribution < 1.29 is 14.2 Å². The summed E-state index contributed by atoms with van der Waals surface area (Å²) in [6, 6.07) is 5.96. The molecule has 2 heterocycles. The number of H-pyrrole nitrogens is 1. The Morgan fingerprint density at radius 2 is 1.80 bits per heavy atom. The molecule has 0 bridgehead atoms. The van der Waals surface area contributed by atoms with Gasteiger partial charge in [0, 0.05) is 31.7 Å². The van der Waals surface area contributed by atoms with Gasteiger partial charge in [0.2, 0.25) is 5.88 Å². The van der Waals surface area contributed by atoms with Gasteiger partial charge in [-0.15, -0.1) is 0 Å². The first-order valence-corrected chi connectivity index (χ1v) is 10.6. The van der Waals surface area contributed by atoms with E-state index in [0.29, 0.717) is 41.4 Å². The number of hydrogen-bond acceptors (Lipinski definition) is 7. The van der Waals surface area contributed by atoms with Crippen molar-refractivity contribution in [2.75, 3.05) is 38.7 Å². The van der Waals surface area contributed by atoms with Crippen molar-refractivity contribution in [3.05, 3.63) is 39.3 Å². The zero-order valence-corrected chi connectivity index (χ0v) is 18.4. The van der Waals surface area contributed by atoms with Crippen LogP contribution in [0.4, 0.5) is 5.82 Å². The molecule has 1 aliphatic heterocycles. The zero-order valence-electron chi connectivity index (χ0n) is 17.7. The summed E-state index contributed by atoms with van der Waals surface area (Å²) in [6.45, 7) is 7.63. The predicted molar refractivity (Wildman–Crippen MR) is 117 cm³/mol. The topological polar surface area (TPSA) is 88.7 Å². The van der Waals surface area contributed by atoms with Crippen LogP contribution in [-0.4, -0.2) is 54.3 Å². The molecule has 2 aromatic rings. The number of rotatable bonds is 9. The maximum absolute atomic E-state index is 11.6. The van der Waals surface area contributed by atoms with Crippen LogP contribution in [0.25, 0.3) is 0 Å². The highest BCUT2D eigenvalue weighted by Gasteiger charge is 2.21. The molecule has 0 amide bonds. The van der Waals surface area contributed by atoms with Crippen LogP contribution in [0.3, 0.4) is 0 Å². The fourth-order valence-electron chi connectivity index (χ4n) is 3.57. The van der Waals surface area contributed by atoms with Gasteiger partial charge in [-0.2, -0.15) is 4.98 Å². The number of ether oxygens (including phenoxy) is 3. The molecular formula is C21H29ClN4O4. The molecule has 1 aromatic carbocycles. The Labute approximate surface area is 181 Å². The lowest BCUT2D eigenvalue weighted by molar-refractivity contribution is 0.210. The van der Waals surface area contributed by atoms with E-state index in [0.717, 1.165) is 38.0 Å². The number of anilines is 1. The summed E-state index contributed by atoms with van der Waals surface area (Å²) in [6.07, 6.45) is 1.91. The number of hydrogen-bond donors (Lipinski definition) is 2. The number of nitrogens with one attached hydrogen (secondary N) is 2. The highest BCUT2D eigenvalue weighted by molar-refractivity contribution is 6.33. The SMILES string of the molecule is CCOc1cc(CN2CCC(Nc3cc(OC)nc(=O)[nH]3)CC2)cc(OCC)c1Cl. The predicted octanol–water partition coefficient (Wildman–Crippen LogP) is 3.31. The summed E-state index contributed by atoms with van der Waals surface area (Å²) in [7, 11) is 1.49. The minimum absolute atomic E-state index is 0.271. The number of aromatic amines is 1. The first-order chi connectivity index (χ1) is 14.5. The van der Waals surface area contributed by atoms with Gasteiger partial charge >= 0.3 is 5.69 Å². The molecule has 0 radical (unpaired) electrons. The standard InChI is InChI=1S/C21H29ClN4O4/c1-4-29-16-10-14(11-17(20(16)22)30-5-2)13-26-8-6-15(7-9-26)23-18-12-19(28-3)25-21(27)24-18/h10-12,15H,4-9,13H2,1-3H3,(H2,23,24,25,27). The molecule has 3 rings (SSSR count). The van der Waals surface area contributed by atoms with Crippen molar-refractivity contribution in [2.24, 2.45) is 0 Å². The van der Waals surface area contributed by atoms with E-state index >= 15 is 0 Å². The van der Waals surface area contributed by atoms with E-state index in [4.69, 9.17) is 25.8 Å². The van der Waals surface area contributed by atoms with Gasteiger partial charge in [-0.3, -0.25) is 9.88 Å². The molecule has 0 atom stereocenters. The average Bonchev–Trinajstić information content (AvgIpc) is 2.72. The lowest BCUT2D eigenvalue weighted by atomic mass is 10.0. The molecule has 9 heteroatoms. The van der Waals surface area contributed by atoms with Crippen LogP contribution in [0, 0.1) is 0 Å². The molecule has 1 fully saturated rings. The quantitative estimate of drug-likeness (QED) is 0.623. The maximum atomic E-state index is 11.6. The van der Waals surface area contributed by atoms with Gasteiger partial charge < -0.3 is 19.5 Å². The fraction of sp³-hybridized carbons (Fsp3) is 0.524. The van der Waals surface area contributed by atoms with E-state index in [9.17, 15) is 4.79 Å². The number of nitrogens with zero attached hydrogens (tertiary/aromatic N) is 2. The minimum Gasteiger partial charge on any atom is -0.492 e. The van der Waals surface area contributed by atoms with E-state index in [1.54, 1.807) is 6.07 Å².